The van der Waals surface area contributed by atoms with Gasteiger partial charge >= 0.3 is 0 Å². The molecule has 0 aromatic heterocycles. The van der Waals surface area contributed by atoms with Crippen LogP contribution in [0.15, 0.2) is 12.1 Å². The largest absolute Gasteiger partial charge is 0.494 e. The van der Waals surface area contributed by atoms with Gasteiger partial charge in [0.2, 0.25) is 0 Å². The van der Waals surface area contributed by atoms with Crippen molar-refractivity contribution >= 4 is 0 Å². The molecule has 104 valence electrons. The Kier molecular flexibility index (Phi) is 3.40. The van der Waals surface area contributed by atoms with E-state index in [0.29, 0.717) is 18.1 Å². The third kappa shape index (κ3) is 2.44. The molecule has 1 fully saturated rings. The summed E-state index contributed by atoms with van der Waals surface area (Å²) in [5.74, 6) is 2.66. The number of rotatable bonds is 3. The molecule has 2 heterocycles. The van der Waals surface area contributed by atoms with Crippen LogP contribution in [0.4, 0.5) is 0 Å². The van der Waals surface area contributed by atoms with Crippen molar-refractivity contribution in [3.05, 3.63) is 23.3 Å². The topological polar surface area (TPSA) is 30.5 Å². The van der Waals surface area contributed by atoms with Crippen LogP contribution in [0.3, 0.4) is 0 Å². The van der Waals surface area contributed by atoms with E-state index in [1.54, 1.807) is 0 Å². The van der Waals surface area contributed by atoms with Crippen LogP contribution in [-0.2, 0) is 6.42 Å². The lowest BCUT2D eigenvalue weighted by Crippen LogP contribution is -2.16. The Bertz CT molecular complexity index is 472. The molecule has 2 aliphatic rings. The second-order valence-electron chi connectivity index (χ2n) is 5.81. The average molecular weight is 261 g/mol. The molecule has 3 atom stereocenters. The highest BCUT2D eigenvalue weighted by atomic mass is 16.5. The van der Waals surface area contributed by atoms with Gasteiger partial charge in [-0.15, -0.1) is 0 Å². The number of nitrogens with one attached hydrogen (secondary N) is 1. The van der Waals surface area contributed by atoms with Crippen molar-refractivity contribution in [2.24, 2.45) is 0 Å². The van der Waals surface area contributed by atoms with Crippen LogP contribution in [0, 0.1) is 0 Å². The lowest BCUT2D eigenvalue weighted by molar-refractivity contribution is 0.254. The van der Waals surface area contributed by atoms with Crippen LogP contribution in [0.2, 0.25) is 0 Å². The first-order valence-corrected chi connectivity index (χ1v) is 7.37. The van der Waals surface area contributed by atoms with Gasteiger partial charge in [0.25, 0.3) is 0 Å². The normalized spacial score (nSPS) is 29.1. The maximum absolute atomic E-state index is 5.89. The molecule has 19 heavy (non-hydrogen) atoms. The highest BCUT2D eigenvalue weighted by Crippen LogP contribution is 2.40. The molecule has 3 unspecified atom stereocenters. The van der Waals surface area contributed by atoms with Crippen LogP contribution in [0.5, 0.6) is 11.5 Å². The van der Waals surface area contributed by atoms with Gasteiger partial charge in [-0.1, -0.05) is 0 Å². The maximum Gasteiger partial charge on any atom is 0.123 e. The van der Waals surface area contributed by atoms with E-state index in [2.05, 4.69) is 31.3 Å². The summed E-state index contributed by atoms with van der Waals surface area (Å²) in [5.41, 5.74) is 2.60. The minimum absolute atomic E-state index is 0.292. The van der Waals surface area contributed by atoms with Crippen LogP contribution >= 0.6 is 0 Å². The number of benzene rings is 1. The Morgan fingerprint density at radius 3 is 2.89 bits per heavy atom. The Labute approximate surface area is 115 Å². The van der Waals surface area contributed by atoms with Gasteiger partial charge in [0, 0.05) is 36.1 Å². The zero-order valence-corrected chi connectivity index (χ0v) is 12.0. The first kappa shape index (κ1) is 12.8. The van der Waals surface area contributed by atoms with Crippen LogP contribution in [-0.4, -0.2) is 25.3 Å². The summed E-state index contributed by atoms with van der Waals surface area (Å²) in [5, 5.41) is 3.52. The van der Waals surface area contributed by atoms with Crippen molar-refractivity contribution < 1.29 is 9.47 Å². The predicted octanol–water partition coefficient (Wildman–Crippen LogP) is 2.87. The molecule has 1 aromatic rings. The average Bonchev–Trinajstić information content (AvgIpc) is 2.93. The van der Waals surface area contributed by atoms with Gasteiger partial charge in [-0.3, -0.25) is 0 Å². The zero-order chi connectivity index (χ0) is 13.4. The second-order valence-corrected chi connectivity index (χ2v) is 5.81. The van der Waals surface area contributed by atoms with Crippen molar-refractivity contribution in [2.75, 3.05) is 13.2 Å². The van der Waals surface area contributed by atoms with Crippen molar-refractivity contribution in [1.82, 2.24) is 5.32 Å². The Morgan fingerprint density at radius 1 is 1.37 bits per heavy atom. The van der Waals surface area contributed by atoms with Gasteiger partial charge in [0.1, 0.15) is 17.6 Å². The molecule has 0 aliphatic carbocycles. The number of hydrogen-bond acceptors (Lipinski definition) is 3. The third-order valence-electron chi connectivity index (χ3n) is 4.12. The van der Waals surface area contributed by atoms with Gasteiger partial charge in [0.05, 0.1) is 6.61 Å². The number of ether oxygens (including phenoxy) is 2. The van der Waals surface area contributed by atoms with Crippen LogP contribution < -0.4 is 14.8 Å². The van der Waals surface area contributed by atoms with Crippen molar-refractivity contribution in [3.63, 3.8) is 0 Å². The fourth-order valence-electron chi connectivity index (χ4n) is 3.23. The quantitative estimate of drug-likeness (QED) is 0.907. The van der Waals surface area contributed by atoms with E-state index < -0.39 is 0 Å². The lowest BCUT2D eigenvalue weighted by Gasteiger charge is -2.17. The summed E-state index contributed by atoms with van der Waals surface area (Å²) in [6.07, 6.45) is 2.46. The Hall–Kier alpha value is -1.22. The molecule has 0 amide bonds. The van der Waals surface area contributed by atoms with Gasteiger partial charge in [-0.2, -0.15) is 0 Å². The summed E-state index contributed by atoms with van der Waals surface area (Å²) in [6.45, 7) is 8.17. The molecule has 1 aromatic carbocycles. The van der Waals surface area contributed by atoms with Crippen molar-refractivity contribution in [1.29, 1.82) is 0 Å². The summed E-state index contributed by atoms with van der Waals surface area (Å²) >= 11 is 0. The Morgan fingerprint density at radius 2 is 2.21 bits per heavy atom. The number of hydrogen-bond donors (Lipinski definition) is 1. The number of fused-ring (bicyclic) bond motifs is 1. The van der Waals surface area contributed by atoms with Crippen molar-refractivity contribution in [2.45, 2.75) is 51.7 Å². The lowest BCUT2D eigenvalue weighted by atomic mass is 9.94. The fourth-order valence-corrected chi connectivity index (χ4v) is 3.23. The van der Waals surface area contributed by atoms with Gasteiger partial charge in [-0.25, -0.2) is 0 Å². The fraction of sp³-hybridized carbons (Fsp3) is 0.625. The molecule has 0 radical (unpaired) electrons. The van der Waals surface area contributed by atoms with E-state index in [1.807, 2.05) is 6.92 Å². The SMILES string of the molecule is CCOc1cc2c(cc1C1CNC(C)C1)OC(C)C2. The van der Waals surface area contributed by atoms with Gasteiger partial charge < -0.3 is 14.8 Å². The second kappa shape index (κ2) is 5.04. The van der Waals surface area contributed by atoms with E-state index in [0.717, 1.165) is 31.1 Å². The molecule has 1 saturated heterocycles. The standard InChI is InChI=1S/C16H23NO2/c1-4-18-16-7-12-6-11(3)19-15(12)8-14(16)13-5-10(2)17-9-13/h7-8,10-11,13,17H,4-6,9H2,1-3H3. The summed E-state index contributed by atoms with van der Waals surface area (Å²) in [7, 11) is 0. The summed E-state index contributed by atoms with van der Waals surface area (Å²) in [6, 6.07) is 5.00. The highest BCUT2D eigenvalue weighted by Gasteiger charge is 2.28. The smallest absolute Gasteiger partial charge is 0.123 e. The van der Waals surface area contributed by atoms with Gasteiger partial charge in [-0.05, 0) is 39.3 Å². The summed E-state index contributed by atoms with van der Waals surface area (Å²) < 4.78 is 11.8. The monoisotopic (exact) mass is 261 g/mol. The van der Waals surface area contributed by atoms with E-state index >= 15 is 0 Å². The zero-order valence-electron chi connectivity index (χ0n) is 12.0. The molecule has 1 N–H and O–H groups in total. The van der Waals surface area contributed by atoms with E-state index in [4.69, 9.17) is 9.47 Å². The molecule has 3 rings (SSSR count). The van der Waals surface area contributed by atoms with Crippen LogP contribution in [0.25, 0.3) is 0 Å². The molecular formula is C16H23NO2. The molecular weight excluding hydrogens is 238 g/mol. The van der Waals surface area contributed by atoms with E-state index in [-0.39, 0.29) is 0 Å². The van der Waals surface area contributed by atoms with Crippen LogP contribution in [0.1, 0.15) is 44.2 Å². The minimum Gasteiger partial charge on any atom is -0.494 e. The molecule has 3 nitrogen and oxygen atoms in total. The molecule has 0 saturated carbocycles. The minimum atomic E-state index is 0.292. The third-order valence-corrected chi connectivity index (χ3v) is 4.12. The van der Waals surface area contributed by atoms with E-state index in [9.17, 15) is 0 Å². The molecule has 2 aliphatic heterocycles. The molecule has 0 bridgehead atoms. The van der Waals surface area contributed by atoms with E-state index in [1.165, 1.54) is 17.5 Å². The van der Waals surface area contributed by atoms with Crippen molar-refractivity contribution in [3.8, 4) is 11.5 Å². The molecule has 3 heteroatoms. The first-order valence-electron chi connectivity index (χ1n) is 7.37. The predicted molar refractivity (Wildman–Crippen MR) is 76.2 cm³/mol. The first-order chi connectivity index (χ1) is 9.17. The summed E-state index contributed by atoms with van der Waals surface area (Å²) in [4.78, 5) is 0. The maximum atomic E-state index is 5.89. The highest BCUT2D eigenvalue weighted by molar-refractivity contribution is 5.50. The van der Waals surface area contributed by atoms with Gasteiger partial charge in [0.15, 0.2) is 0 Å². The Balaban J connectivity index is 1.95. The molecule has 0 spiro atoms.